The quantitative estimate of drug-likeness (QED) is 0.788. The van der Waals surface area contributed by atoms with E-state index in [4.69, 9.17) is 0 Å². The molecule has 2 heterocycles. The minimum atomic E-state index is -3.87. The molecule has 1 aliphatic rings. The fourth-order valence-corrected chi connectivity index (χ4v) is 5.16. The van der Waals surface area contributed by atoms with Gasteiger partial charge in [-0.3, -0.25) is 9.69 Å². The van der Waals surface area contributed by atoms with E-state index in [0.717, 1.165) is 10.9 Å². The molecule has 146 valence electrons. The second-order valence-corrected chi connectivity index (χ2v) is 9.28. The van der Waals surface area contributed by atoms with Crippen LogP contribution >= 0.6 is 11.3 Å². The highest BCUT2D eigenvalue weighted by molar-refractivity contribution is 7.89. The molecule has 0 saturated carbocycles. The molecule has 2 aromatic rings. The predicted octanol–water partition coefficient (Wildman–Crippen LogP) is 1.90. The average molecular weight is 412 g/mol. The van der Waals surface area contributed by atoms with Gasteiger partial charge >= 0.3 is 0 Å². The molecular formula is C18H22FN3O3S2. The maximum atomic E-state index is 13.9. The Labute approximate surface area is 162 Å². The van der Waals surface area contributed by atoms with Gasteiger partial charge in [-0.25, -0.2) is 12.8 Å². The van der Waals surface area contributed by atoms with Crippen molar-refractivity contribution in [3.05, 3.63) is 52.5 Å². The molecule has 0 radical (unpaired) electrons. The Balaban J connectivity index is 1.56. The fraction of sp³-hybridized carbons (Fsp3) is 0.389. The molecule has 1 N–H and O–H groups in total. The lowest BCUT2D eigenvalue weighted by Crippen LogP contribution is -2.54. The Morgan fingerprint density at radius 3 is 2.52 bits per heavy atom. The Morgan fingerprint density at radius 2 is 1.89 bits per heavy atom. The van der Waals surface area contributed by atoms with Crippen LogP contribution in [-0.2, 0) is 21.4 Å². The van der Waals surface area contributed by atoms with Crippen LogP contribution in [0.3, 0.4) is 0 Å². The summed E-state index contributed by atoms with van der Waals surface area (Å²) in [5.74, 6) is -0.838. The molecular weight excluding hydrogens is 389 g/mol. The molecule has 0 bridgehead atoms. The molecule has 1 fully saturated rings. The fourth-order valence-electron chi connectivity index (χ4n) is 3.03. The summed E-state index contributed by atoms with van der Waals surface area (Å²) in [4.78, 5) is 15.1. The Kier molecular flexibility index (Phi) is 6.25. The van der Waals surface area contributed by atoms with E-state index < -0.39 is 15.8 Å². The average Bonchev–Trinajstić information content (AvgIpc) is 3.19. The van der Waals surface area contributed by atoms with Gasteiger partial charge in [0.25, 0.3) is 0 Å². The zero-order valence-electron chi connectivity index (χ0n) is 15.0. The maximum Gasteiger partial charge on any atom is 0.246 e. The highest BCUT2D eigenvalue weighted by atomic mass is 32.2. The van der Waals surface area contributed by atoms with E-state index in [9.17, 15) is 17.6 Å². The van der Waals surface area contributed by atoms with Crippen LogP contribution in [-0.4, -0.2) is 55.8 Å². The van der Waals surface area contributed by atoms with Crippen LogP contribution in [0.25, 0.3) is 0 Å². The van der Waals surface area contributed by atoms with Crippen LogP contribution in [0.4, 0.5) is 4.39 Å². The zero-order chi connectivity index (χ0) is 19.4. The predicted molar refractivity (Wildman–Crippen MR) is 102 cm³/mol. The SMILES string of the molecule is CC(C(=O)NCc1cccs1)N1CCN(S(=O)(=O)c2ccccc2F)CC1. The van der Waals surface area contributed by atoms with Crippen LogP contribution in [0.15, 0.2) is 46.7 Å². The lowest BCUT2D eigenvalue weighted by Gasteiger charge is -2.36. The van der Waals surface area contributed by atoms with Crippen LogP contribution in [0.1, 0.15) is 11.8 Å². The molecule has 1 saturated heterocycles. The number of hydrogen-bond acceptors (Lipinski definition) is 5. The largest absolute Gasteiger partial charge is 0.350 e. The van der Waals surface area contributed by atoms with E-state index in [0.29, 0.717) is 19.6 Å². The summed E-state index contributed by atoms with van der Waals surface area (Å²) in [7, 11) is -3.87. The number of piperazine rings is 1. The van der Waals surface area contributed by atoms with Crippen molar-refractivity contribution < 1.29 is 17.6 Å². The topological polar surface area (TPSA) is 69.7 Å². The normalized spacial score (nSPS) is 17.6. The number of nitrogens with one attached hydrogen (secondary N) is 1. The summed E-state index contributed by atoms with van der Waals surface area (Å²) in [5, 5.41) is 4.86. The van der Waals surface area contributed by atoms with Gasteiger partial charge in [0.05, 0.1) is 12.6 Å². The molecule has 1 atom stereocenters. The highest BCUT2D eigenvalue weighted by Crippen LogP contribution is 2.21. The number of carbonyl (C=O) groups excluding carboxylic acids is 1. The summed E-state index contributed by atoms with van der Waals surface area (Å²) >= 11 is 1.58. The van der Waals surface area contributed by atoms with Gasteiger partial charge in [-0.05, 0) is 30.5 Å². The van der Waals surface area contributed by atoms with Gasteiger partial charge < -0.3 is 5.32 Å². The van der Waals surface area contributed by atoms with E-state index in [-0.39, 0.29) is 29.9 Å². The molecule has 0 aliphatic carbocycles. The lowest BCUT2D eigenvalue weighted by molar-refractivity contribution is -0.126. The van der Waals surface area contributed by atoms with E-state index in [1.165, 1.54) is 22.5 Å². The highest BCUT2D eigenvalue weighted by Gasteiger charge is 2.33. The molecule has 1 aromatic carbocycles. The lowest BCUT2D eigenvalue weighted by atomic mass is 10.2. The van der Waals surface area contributed by atoms with Gasteiger partial charge in [-0.15, -0.1) is 11.3 Å². The number of amides is 1. The number of thiophene rings is 1. The van der Waals surface area contributed by atoms with Gasteiger partial charge in [0.15, 0.2) is 0 Å². The van der Waals surface area contributed by atoms with Crippen molar-refractivity contribution in [1.82, 2.24) is 14.5 Å². The first-order chi connectivity index (χ1) is 12.9. The first kappa shape index (κ1) is 19.9. The third-order valence-electron chi connectivity index (χ3n) is 4.67. The van der Waals surface area contributed by atoms with Gasteiger partial charge in [0.1, 0.15) is 10.7 Å². The number of benzene rings is 1. The Morgan fingerprint density at radius 1 is 1.19 bits per heavy atom. The van der Waals surface area contributed by atoms with Crippen molar-refractivity contribution in [2.24, 2.45) is 0 Å². The second kappa shape index (κ2) is 8.47. The first-order valence-electron chi connectivity index (χ1n) is 8.68. The van der Waals surface area contributed by atoms with Crippen molar-refractivity contribution in [3.63, 3.8) is 0 Å². The summed E-state index contributed by atoms with van der Waals surface area (Å²) in [6, 6.07) is 8.92. The van der Waals surface area contributed by atoms with Crippen LogP contribution in [0.2, 0.25) is 0 Å². The van der Waals surface area contributed by atoms with Gasteiger partial charge in [-0.2, -0.15) is 4.31 Å². The molecule has 1 unspecified atom stereocenters. The number of carbonyl (C=O) groups is 1. The Bertz CT molecular complexity index is 879. The number of nitrogens with zero attached hydrogens (tertiary/aromatic N) is 2. The van der Waals surface area contributed by atoms with E-state index in [1.807, 2.05) is 29.3 Å². The molecule has 1 amide bonds. The molecule has 3 rings (SSSR count). The van der Waals surface area contributed by atoms with Crippen molar-refractivity contribution >= 4 is 27.3 Å². The number of hydrogen-bond donors (Lipinski definition) is 1. The smallest absolute Gasteiger partial charge is 0.246 e. The standard InChI is InChI=1S/C18H22FN3O3S2/c1-14(18(23)20-13-15-5-4-12-26-15)21-8-10-22(11-9-21)27(24,25)17-7-3-2-6-16(17)19/h2-7,12,14H,8-11,13H2,1H3,(H,20,23). The summed E-state index contributed by atoms with van der Waals surface area (Å²) in [5.41, 5.74) is 0. The zero-order valence-corrected chi connectivity index (χ0v) is 16.6. The van der Waals surface area contributed by atoms with Crippen molar-refractivity contribution in [3.8, 4) is 0 Å². The molecule has 0 spiro atoms. The van der Waals surface area contributed by atoms with Gasteiger partial charge in [0.2, 0.25) is 15.9 Å². The number of rotatable bonds is 6. The maximum absolute atomic E-state index is 13.9. The molecule has 9 heteroatoms. The van der Waals surface area contributed by atoms with E-state index in [1.54, 1.807) is 11.3 Å². The molecule has 1 aromatic heterocycles. The van der Waals surface area contributed by atoms with Crippen molar-refractivity contribution in [1.29, 1.82) is 0 Å². The summed E-state index contributed by atoms with van der Waals surface area (Å²) < 4.78 is 40.4. The third-order valence-corrected chi connectivity index (χ3v) is 7.48. The number of halogens is 1. The van der Waals surface area contributed by atoms with Gasteiger partial charge in [-0.1, -0.05) is 18.2 Å². The van der Waals surface area contributed by atoms with Crippen LogP contribution in [0.5, 0.6) is 0 Å². The van der Waals surface area contributed by atoms with Crippen LogP contribution < -0.4 is 5.32 Å². The number of sulfonamides is 1. The summed E-state index contributed by atoms with van der Waals surface area (Å²) in [6.45, 7) is 3.58. The molecule has 27 heavy (non-hydrogen) atoms. The third kappa shape index (κ3) is 4.55. The monoisotopic (exact) mass is 411 g/mol. The second-order valence-electron chi connectivity index (χ2n) is 6.34. The minimum Gasteiger partial charge on any atom is -0.350 e. The molecule has 6 nitrogen and oxygen atoms in total. The summed E-state index contributed by atoms with van der Waals surface area (Å²) in [6.07, 6.45) is 0. The van der Waals surface area contributed by atoms with Crippen LogP contribution in [0, 0.1) is 5.82 Å². The first-order valence-corrected chi connectivity index (χ1v) is 11.0. The Hall–Kier alpha value is -1.81. The van der Waals surface area contributed by atoms with E-state index >= 15 is 0 Å². The van der Waals surface area contributed by atoms with Gasteiger partial charge in [0, 0.05) is 31.1 Å². The molecule has 1 aliphatic heterocycles. The minimum absolute atomic E-state index is 0.0891. The van der Waals surface area contributed by atoms with Crippen molar-refractivity contribution in [2.45, 2.75) is 24.4 Å². The van der Waals surface area contributed by atoms with Crippen molar-refractivity contribution in [2.75, 3.05) is 26.2 Å². The van der Waals surface area contributed by atoms with E-state index in [2.05, 4.69) is 5.32 Å².